The van der Waals surface area contributed by atoms with Gasteiger partial charge in [-0.25, -0.2) is 0 Å². The van der Waals surface area contributed by atoms with Gasteiger partial charge in [0, 0.05) is 6.54 Å². The number of fused-ring (bicyclic) bond motifs is 1. The quantitative estimate of drug-likeness (QED) is 0.909. The smallest absolute Gasteiger partial charge is 0.308 e. The van der Waals surface area contributed by atoms with Crippen molar-refractivity contribution in [3.63, 3.8) is 0 Å². The van der Waals surface area contributed by atoms with Crippen LogP contribution in [-0.2, 0) is 11.3 Å². The number of carboxylic acid groups (broad SMARTS) is 1. The predicted molar refractivity (Wildman–Crippen MR) is 67.8 cm³/mol. The number of aromatic nitrogens is 1. The van der Waals surface area contributed by atoms with Crippen molar-refractivity contribution in [1.82, 2.24) is 4.57 Å². The van der Waals surface area contributed by atoms with Gasteiger partial charge < -0.3 is 5.11 Å². The summed E-state index contributed by atoms with van der Waals surface area (Å²) >= 11 is 1.17. The summed E-state index contributed by atoms with van der Waals surface area (Å²) in [4.78, 5) is 22.3. The van der Waals surface area contributed by atoms with Crippen LogP contribution in [0, 0.1) is 13.8 Å². The van der Waals surface area contributed by atoms with Crippen molar-refractivity contribution in [2.45, 2.75) is 26.8 Å². The monoisotopic (exact) mass is 251 g/mol. The maximum Gasteiger partial charge on any atom is 0.308 e. The summed E-state index contributed by atoms with van der Waals surface area (Å²) in [5, 5.41) is 8.69. The molecule has 2 rings (SSSR count). The lowest BCUT2D eigenvalue weighted by Gasteiger charge is -2.06. The number of nitrogens with zero attached hydrogens (tertiary/aromatic N) is 1. The molecule has 0 fully saturated rings. The molecule has 0 radical (unpaired) electrons. The number of thiazole rings is 1. The number of hydrogen-bond donors (Lipinski definition) is 1. The summed E-state index contributed by atoms with van der Waals surface area (Å²) in [5.41, 5.74) is 3.03. The molecule has 0 saturated heterocycles. The lowest BCUT2D eigenvalue weighted by molar-refractivity contribution is -0.137. The minimum absolute atomic E-state index is 0.0286. The van der Waals surface area contributed by atoms with Crippen LogP contribution in [0.5, 0.6) is 0 Å². The largest absolute Gasteiger partial charge is 0.481 e. The van der Waals surface area contributed by atoms with Gasteiger partial charge in [-0.15, -0.1) is 0 Å². The van der Waals surface area contributed by atoms with E-state index in [0.717, 1.165) is 21.3 Å². The maximum atomic E-state index is 11.8. The summed E-state index contributed by atoms with van der Waals surface area (Å²) in [7, 11) is 0. The fraction of sp³-hybridized carbons (Fsp3) is 0.333. The van der Waals surface area contributed by atoms with E-state index in [1.165, 1.54) is 11.3 Å². The summed E-state index contributed by atoms with van der Waals surface area (Å²) in [6.45, 7) is 4.18. The lowest BCUT2D eigenvalue weighted by atomic mass is 10.1. The van der Waals surface area contributed by atoms with E-state index in [0.29, 0.717) is 0 Å². The zero-order valence-corrected chi connectivity index (χ0v) is 10.5. The first-order valence-corrected chi connectivity index (χ1v) is 6.13. The summed E-state index contributed by atoms with van der Waals surface area (Å²) < 4.78 is 2.49. The number of carbonyl (C=O) groups is 1. The molecule has 0 aliphatic heterocycles. The highest BCUT2D eigenvalue weighted by molar-refractivity contribution is 7.16. The summed E-state index contributed by atoms with van der Waals surface area (Å²) in [6.07, 6.45) is -0.0286. The van der Waals surface area contributed by atoms with Crippen molar-refractivity contribution < 1.29 is 9.90 Å². The Kier molecular flexibility index (Phi) is 3.02. The van der Waals surface area contributed by atoms with Crippen molar-refractivity contribution in [2.24, 2.45) is 0 Å². The Labute approximate surface area is 102 Å². The Hall–Kier alpha value is -1.62. The van der Waals surface area contributed by atoms with Crippen LogP contribution in [0.25, 0.3) is 10.2 Å². The molecule has 5 heteroatoms. The molecule has 0 spiro atoms. The highest BCUT2D eigenvalue weighted by Crippen LogP contribution is 2.23. The Balaban J connectivity index is 2.61. The molecular weight excluding hydrogens is 238 g/mol. The molecule has 0 unspecified atom stereocenters. The van der Waals surface area contributed by atoms with Crippen molar-refractivity contribution in [2.75, 3.05) is 0 Å². The van der Waals surface area contributed by atoms with E-state index in [1.807, 2.05) is 26.0 Å². The van der Waals surface area contributed by atoms with Gasteiger partial charge in [0.2, 0.25) is 0 Å². The van der Waals surface area contributed by atoms with E-state index in [9.17, 15) is 9.59 Å². The Bertz CT molecular complexity index is 639. The van der Waals surface area contributed by atoms with Gasteiger partial charge in [-0.2, -0.15) is 0 Å². The van der Waals surface area contributed by atoms with Crippen LogP contribution in [0.15, 0.2) is 16.9 Å². The molecule has 0 atom stereocenters. The van der Waals surface area contributed by atoms with Gasteiger partial charge in [0.15, 0.2) is 0 Å². The van der Waals surface area contributed by atoms with E-state index in [4.69, 9.17) is 5.11 Å². The number of carboxylic acids is 1. The van der Waals surface area contributed by atoms with Crippen LogP contribution >= 0.6 is 11.3 Å². The fourth-order valence-electron chi connectivity index (χ4n) is 1.84. The minimum atomic E-state index is -0.887. The number of aryl methyl sites for hydroxylation is 3. The third kappa shape index (κ3) is 2.10. The van der Waals surface area contributed by atoms with E-state index in [1.54, 1.807) is 4.57 Å². The second kappa shape index (κ2) is 4.33. The van der Waals surface area contributed by atoms with Gasteiger partial charge in [-0.3, -0.25) is 14.2 Å². The molecular formula is C12H13NO3S. The summed E-state index contributed by atoms with van der Waals surface area (Å²) in [6, 6.07) is 3.90. The fourth-order valence-corrected chi connectivity index (χ4v) is 2.82. The first kappa shape index (κ1) is 11.9. The third-order valence-electron chi connectivity index (χ3n) is 2.90. The minimum Gasteiger partial charge on any atom is -0.481 e. The third-order valence-corrected chi connectivity index (χ3v) is 3.85. The molecule has 17 heavy (non-hydrogen) atoms. The zero-order valence-electron chi connectivity index (χ0n) is 9.69. The van der Waals surface area contributed by atoms with E-state index in [2.05, 4.69) is 0 Å². The van der Waals surface area contributed by atoms with Crippen LogP contribution in [0.4, 0.5) is 0 Å². The van der Waals surface area contributed by atoms with Crippen LogP contribution in [0.3, 0.4) is 0 Å². The van der Waals surface area contributed by atoms with E-state index in [-0.39, 0.29) is 17.8 Å². The average Bonchev–Trinajstić information content (AvgIpc) is 2.58. The van der Waals surface area contributed by atoms with Crippen LogP contribution in [-0.4, -0.2) is 15.6 Å². The Morgan fingerprint density at radius 2 is 2.12 bits per heavy atom. The number of hydrogen-bond acceptors (Lipinski definition) is 3. The molecule has 0 amide bonds. The highest BCUT2D eigenvalue weighted by atomic mass is 32.1. The second-order valence-electron chi connectivity index (χ2n) is 4.02. The van der Waals surface area contributed by atoms with Crippen LogP contribution in [0.1, 0.15) is 17.5 Å². The van der Waals surface area contributed by atoms with Gasteiger partial charge in [0.1, 0.15) is 0 Å². The molecule has 0 aliphatic rings. The van der Waals surface area contributed by atoms with Crippen LogP contribution in [0.2, 0.25) is 0 Å². The molecule has 1 heterocycles. The second-order valence-corrected chi connectivity index (χ2v) is 5.01. The molecule has 2 aromatic rings. The lowest BCUT2D eigenvalue weighted by Crippen LogP contribution is -2.15. The molecule has 1 aromatic heterocycles. The van der Waals surface area contributed by atoms with Crippen molar-refractivity contribution in [3.05, 3.63) is 32.9 Å². The van der Waals surface area contributed by atoms with Crippen molar-refractivity contribution in [3.8, 4) is 0 Å². The molecule has 1 N–H and O–H groups in total. The Morgan fingerprint density at radius 1 is 1.41 bits per heavy atom. The normalized spacial score (nSPS) is 10.9. The predicted octanol–water partition coefficient (Wildman–Crippen LogP) is 2.15. The van der Waals surface area contributed by atoms with Crippen LogP contribution < -0.4 is 4.87 Å². The first-order valence-electron chi connectivity index (χ1n) is 5.32. The molecule has 0 bridgehead atoms. The van der Waals surface area contributed by atoms with E-state index >= 15 is 0 Å². The van der Waals surface area contributed by atoms with Gasteiger partial charge >= 0.3 is 10.8 Å². The molecule has 0 saturated carbocycles. The van der Waals surface area contributed by atoms with E-state index < -0.39 is 5.97 Å². The van der Waals surface area contributed by atoms with Gasteiger partial charge in [-0.05, 0) is 31.0 Å². The SMILES string of the molecule is Cc1ccc2sc(=O)n(CCC(=O)O)c2c1C. The van der Waals surface area contributed by atoms with Gasteiger partial charge in [0.05, 0.1) is 16.6 Å². The van der Waals surface area contributed by atoms with Gasteiger partial charge in [-0.1, -0.05) is 17.4 Å². The summed E-state index contributed by atoms with van der Waals surface area (Å²) in [5.74, 6) is -0.887. The molecule has 4 nitrogen and oxygen atoms in total. The number of rotatable bonds is 3. The Morgan fingerprint density at radius 3 is 2.76 bits per heavy atom. The maximum absolute atomic E-state index is 11.8. The average molecular weight is 251 g/mol. The highest BCUT2D eigenvalue weighted by Gasteiger charge is 2.11. The topological polar surface area (TPSA) is 59.3 Å². The number of aliphatic carboxylic acids is 1. The number of benzene rings is 1. The first-order chi connectivity index (χ1) is 8.00. The van der Waals surface area contributed by atoms with Gasteiger partial charge in [0.25, 0.3) is 0 Å². The zero-order chi connectivity index (χ0) is 12.6. The molecule has 1 aromatic carbocycles. The standard InChI is InChI=1S/C12H13NO3S/c1-7-3-4-9-11(8(7)2)13(12(16)17-9)6-5-10(14)15/h3-4H,5-6H2,1-2H3,(H,14,15). The van der Waals surface area contributed by atoms with Crippen molar-refractivity contribution in [1.29, 1.82) is 0 Å². The van der Waals surface area contributed by atoms with Crippen molar-refractivity contribution >= 4 is 27.5 Å². The molecule has 0 aliphatic carbocycles. The molecule has 90 valence electrons.